The molecule has 0 aliphatic carbocycles. The molecule has 344 valence electrons. The molecule has 0 aliphatic heterocycles. The van der Waals surface area contributed by atoms with Crippen molar-refractivity contribution in [1.82, 2.24) is 0 Å². The summed E-state index contributed by atoms with van der Waals surface area (Å²) in [4.78, 5) is 25.3. The molecule has 1 atom stereocenters. The molecular weight excluding hydrogens is 717 g/mol. The Bertz CT molecular complexity index is 840. The van der Waals surface area contributed by atoms with E-state index >= 15 is 0 Å². The number of carbonyl (C=O) groups excluding carboxylic acids is 2. The maximum absolute atomic E-state index is 12.8. The van der Waals surface area contributed by atoms with E-state index < -0.39 is 6.10 Å². The van der Waals surface area contributed by atoms with Crippen LogP contribution >= 0.6 is 0 Å². The summed E-state index contributed by atoms with van der Waals surface area (Å²) in [5.41, 5.74) is 0. The first-order valence-electron chi connectivity index (χ1n) is 26.2. The minimum Gasteiger partial charge on any atom is -0.462 e. The predicted octanol–water partition coefficient (Wildman–Crippen LogP) is 17.5. The Morgan fingerprint density at radius 3 is 1.05 bits per heavy atom. The van der Waals surface area contributed by atoms with Gasteiger partial charge in [-0.3, -0.25) is 9.59 Å². The summed E-state index contributed by atoms with van der Waals surface area (Å²) in [5.74, 6) is -0.379. The molecule has 0 saturated carbocycles. The van der Waals surface area contributed by atoms with Gasteiger partial charge in [-0.25, -0.2) is 0 Å². The van der Waals surface area contributed by atoms with Gasteiger partial charge in [0.15, 0.2) is 6.10 Å². The zero-order chi connectivity index (χ0) is 42.1. The van der Waals surface area contributed by atoms with E-state index in [1.165, 1.54) is 225 Å². The van der Waals surface area contributed by atoms with Crippen LogP contribution in [0.1, 0.15) is 290 Å². The average molecular weight is 819 g/mol. The second-order valence-electron chi connectivity index (χ2n) is 17.8. The van der Waals surface area contributed by atoms with Gasteiger partial charge in [-0.15, -0.1) is 0 Å². The number of ether oxygens (including phenoxy) is 3. The Kier molecular flexibility index (Phi) is 48.8. The molecule has 5 heteroatoms. The molecule has 0 rings (SSSR count). The lowest BCUT2D eigenvalue weighted by molar-refractivity contribution is -0.163. The van der Waals surface area contributed by atoms with E-state index in [1.807, 2.05) is 0 Å². The highest BCUT2D eigenvalue weighted by atomic mass is 16.6. The third-order valence-electron chi connectivity index (χ3n) is 11.8. The monoisotopic (exact) mass is 819 g/mol. The highest BCUT2D eigenvalue weighted by Crippen LogP contribution is 2.16. The van der Waals surface area contributed by atoms with Crippen LogP contribution in [0.2, 0.25) is 0 Å². The zero-order valence-electron chi connectivity index (χ0n) is 39.6. The third-order valence-corrected chi connectivity index (χ3v) is 11.8. The summed E-state index contributed by atoms with van der Waals surface area (Å²) in [6, 6.07) is 0. The van der Waals surface area contributed by atoms with Crippen molar-refractivity contribution in [3.05, 3.63) is 12.2 Å². The molecule has 1 unspecified atom stereocenters. The first-order valence-corrected chi connectivity index (χ1v) is 26.2. The molecular formula is C53H102O5. The van der Waals surface area contributed by atoms with Gasteiger partial charge < -0.3 is 14.2 Å². The van der Waals surface area contributed by atoms with E-state index in [0.29, 0.717) is 26.1 Å². The normalized spacial score (nSPS) is 12.1. The molecule has 0 N–H and O–H groups in total. The van der Waals surface area contributed by atoms with Gasteiger partial charge in [0.1, 0.15) is 6.61 Å². The first kappa shape index (κ1) is 56.6. The Hall–Kier alpha value is -1.36. The predicted molar refractivity (Wildman–Crippen MR) is 252 cm³/mol. The lowest BCUT2D eigenvalue weighted by Crippen LogP contribution is -2.30. The highest BCUT2D eigenvalue weighted by Gasteiger charge is 2.17. The number of rotatable bonds is 49. The topological polar surface area (TPSA) is 61.8 Å². The second kappa shape index (κ2) is 50.0. The molecule has 0 aromatic carbocycles. The van der Waals surface area contributed by atoms with Gasteiger partial charge in [0.25, 0.3) is 0 Å². The summed E-state index contributed by atoms with van der Waals surface area (Å²) in [6.45, 7) is 7.87. The lowest BCUT2D eigenvalue weighted by atomic mass is 10.0. The van der Waals surface area contributed by atoms with Crippen LogP contribution in [-0.2, 0) is 23.8 Å². The maximum atomic E-state index is 12.8. The maximum Gasteiger partial charge on any atom is 0.306 e. The molecule has 5 nitrogen and oxygen atoms in total. The Labute approximate surface area is 363 Å². The lowest BCUT2D eigenvalue weighted by Gasteiger charge is -2.18. The fourth-order valence-corrected chi connectivity index (χ4v) is 7.86. The molecule has 0 spiro atoms. The van der Waals surface area contributed by atoms with E-state index in [9.17, 15) is 9.59 Å². The van der Waals surface area contributed by atoms with Crippen molar-refractivity contribution in [1.29, 1.82) is 0 Å². The summed E-state index contributed by atoms with van der Waals surface area (Å²) < 4.78 is 17.4. The molecule has 0 radical (unpaired) electrons. The van der Waals surface area contributed by atoms with Gasteiger partial charge >= 0.3 is 11.9 Å². The van der Waals surface area contributed by atoms with Crippen LogP contribution in [0.4, 0.5) is 0 Å². The average Bonchev–Trinajstić information content (AvgIpc) is 3.22. The second-order valence-corrected chi connectivity index (χ2v) is 17.8. The van der Waals surface area contributed by atoms with Crippen LogP contribution in [-0.4, -0.2) is 37.9 Å². The van der Waals surface area contributed by atoms with E-state index in [2.05, 4.69) is 32.9 Å². The van der Waals surface area contributed by atoms with Crippen LogP contribution in [0.15, 0.2) is 12.2 Å². The number of carbonyl (C=O) groups is 2. The van der Waals surface area contributed by atoms with Gasteiger partial charge in [-0.2, -0.15) is 0 Å². The van der Waals surface area contributed by atoms with Crippen LogP contribution in [0.5, 0.6) is 0 Å². The van der Waals surface area contributed by atoms with Crippen LogP contribution in [0.25, 0.3) is 0 Å². The van der Waals surface area contributed by atoms with Gasteiger partial charge in [0, 0.05) is 19.4 Å². The molecule has 0 heterocycles. The summed E-state index contributed by atoms with van der Waals surface area (Å²) >= 11 is 0. The van der Waals surface area contributed by atoms with Crippen molar-refractivity contribution >= 4 is 11.9 Å². The molecule has 0 aromatic rings. The Balaban J connectivity index is 4.17. The van der Waals surface area contributed by atoms with E-state index in [1.54, 1.807) is 0 Å². The van der Waals surface area contributed by atoms with Crippen molar-refractivity contribution < 1.29 is 23.8 Å². The third kappa shape index (κ3) is 47.3. The molecule has 0 bridgehead atoms. The minimum atomic E-state index is -0.527. The molecule has 0 aromatic heterocycles. The number of allylic oxidation sites excluding steroid dienone is 2. The first-order chi connectivity index (χ1) is 28.6. The summed E-state index contributed by atoms with van der Waals surface area (Å²) in [6.07, 6.45) is 56.4. The van der Waals surface area contributed by atoms with E-state index in [0.717, 1.165) is 32.1 Å². The van der Waals surface area contributed by atoms with E-state index in [-0.39, 0.29) is 18.5 Å². The van der Waals surface area contributed by atoms with Crippen LogP contribution in [0.3, 0.4) is 0 Å². The van der Waals surface area contributed by atoms with E-state index in [4.69, 9.17) is 14.2 Å². The van der Waals surface area contributed by atoms with Crippen molar-refractivity contribution in [3.8, 4) is 0 Å². The van der Waals surface area contributed by atoms with Gasteiger partial charge in [0.2, 0.25) is 0 Å². The fourth-order valence-electron chi connectivity index (χ4n) is 7.86. The molecule has 0 saturated heterocycles. The number of esters is 2. The minimum absolute atomic E-state index is 0.0934. The SMILES string of the molecule is CCCCCCCC/C=C\CCCCCCCCCCOCC(COC(=O)CCCCCCCCCCCCCCC)OC(=O)CCCCCCCCCCCCC. The van der Waals surface area contributed by atoms with Gasteiger partial charge in [-0.05, 0) is 44.9 Å². The smallest absolute Gasteiger partial charge is 0.306 e. The standard InChI is InChI=1S/C53H102O5/c1-4-7-10-13-16-19-22-24-25-26-27-28-30-33-36-39-42-45-48-56-49-51(58-53(55)47-44-41-38-35-31-21-18-15-12-9-6-3)50-57-52(54)46-43-40-37-34-32-29-23-20-17-14-11-8-5-2/h24-25,51H,4-23,26-50H2,1-3H3/b25-24-. The number of unbranched alkanes of at least 4 members (excludes halogenated alkanes) is 36. The number of hydrogen-bond acceptors (Lipinski definition) is 5. The highest BCUT2D eigenvalue weighted by molar-refractivity contribution is 5.70. The largest absolute Gasteiger partial charge is 0.462 e. The molecule has 58 heavy (non-hydrogen) atoms. The van der Waals surface area contributed by atoms with Gasteiger partial charge in [0.05, 0.1) is 6.61 Å². The van der Waals surface area contributed by atoms with Crippen LogP contribution in [0, 0.1) is 0 Å². The molecule has 0 aliphatic rings. The van der Waals surface area contributed by atoms with Crippen molar-refractivity contribution in [2.45, 2.75) is 297 Å². The number of hydrogen-bond donors (Lipinski definition) is 0. The molecule has 0 amide bonds. The quantitative estimate of drug-likeness (QED) is 0.0348. The van der Waals surface area contributed by atoms with Crippen molar-refractivity contribution in [3.63, 3.8) is 0 Å². The van der Waals surface area contributed by atoms with Crippen LogP contribution < -0.4 is 0 Å². The Morgan fingerprint density at radius 2 is 0.672 bits per heavy atom. The summed E-state index contributed by atoms with van der Waals surface area (Å²) in [5, 5.41) is 0. The summed E-state index contributed by atoms with van der Waals surface area (Å²) in [7, 11) is 0. The Morgan fingerprint density at radius 1 is 0.362 bits per heavy atom. The zero-order valence-corrected chi connectivity index (χ0v) is 39.6. The molecule has 0 fully saturated rings. The van der Waals surface area contributed by atoms with Crippen molar-refractivity contribution in [2.24, 2.45) is 0 Å². The van der Waals surface area contributed by atoms with Crippen molar-refractivity contribution in [2.75, 3.05) is 19.8 Å². The van der Waals surface area contributed by atoms with Gasteiger partial charge in [-0.1, -0.05) is 245 Å². The fraction of sp³-hybridized carbons (Fsp3) is 0.925.